The summed E-state index contributed by atoms with van der Waals surface area (Å²) >= 11 is 0. The van der Waals surface area contributed by atoms with Crippen molar-refractivity contribution in [3.05, 3.63) is 30.3 Å². The van der Waals surface area contributed by atoms with Gasteiger partial charge in [-0.05, 0) is 44.7 Å². The molecule has 1 saturated heterocycles. The number of likely N-dealkylation sites (tertiary alicyclic amines) is 1. The second-order valence-corrected chi connectivity index (χ2v) is 8.38. The van der Waals surface area contributed by atoms with E-state index in [4.69, 9.17) is 0 Å². The first-order valence-corrected chi connectivity index (χ1v) is 10.8. The molecule has 25 heavy (non-hydrogen) atoms. The van der Waals surface area contributed by atoms with Gasteiger partial charge in [0.05, 0.1) is 17.3 Å². The smallest absolute Gasteiger partial charge is 0.191 e. The lowest BCUT2D eigenvalue weighted by atomic mass is 10.1. The van der Waals surface area contributed by atoms with Crippen molar-refractivity contribution in [2.24, 2.45) is 4.99 Å². The Morgan fingerprint density at radius 3 is 2.56 bits per heavy atom. The van der Waals surface area contributed by atoms with E-state index in [9.17, 15) is 4.21 Å². The molecule has 0 spiro atoms. The van der Waals surface area contributed by atoms with Crippen LogP contribution in [0.15, 0.2) is 40.2 Å². The SMILES string of the molecule is CCNC(=NCCS(=O)c1ccccc1)NC1CCN(C2CC2)CC1. The number of nitrogens with zero attached hydrogens (tertiary/aromatic N) is 2. The highest BCUT2D eigenvalue weighted by molar-refractivity contribution is 7.85. The Morgan fingerprint density at radius 1 is 1.20 bits per heavy atom. The highest BCUT2D eigenvalue weighted by Gasteiger charge is 2.31. The van der Waals surface area contributed by atoms with Gasteiger partial charge < -0.3 is 15.5 Å². The summed E-state index contributed by atoms with van der Waals surface area (Å²) in [5.41, 5.74) is 0. The Morgan fingerprint density at radius 2 is 1.92 bits per heavy atom. The van der Waals surface area contributed by atoms with Gasteiger partial charge in [0.15, 0.2) is 5.96 Å². The molecule has 1 aromatic rings. The number of benzene rings is 1. The molecule has 0 radical (unpaired) electrons. The lowest BCUT2D eigenvalue weighted by Crippen LogP contribution is -2.49. The third-order valence-electron chi connectivity index (χ3n) is 4.83. The van der Waals surface area contributed by atoms with Gasteiger partial charge >= 0.3 is 0 Å². The fourth-order valence-corrected chi connectivity index (χ4v) is 4.25. The summed E-state index contributed by atoms with van der Waals surface area (Å²) < 4.78 is 12.3. The highest BCUT2D eigenvalue weighted by atomic mass is 32.2. The van der Waals surface area contributed by atoms with Gasteiger partial charge in [-0.25, -0.2) is 0 Å². The average molecular weight is 363 g/mol. The molecule has 2 fully saturated rings. The Balaban J connectivity index is 1.45. The third kappa shape index (κ3) is 5.82. The van der Waals surface area contributed by atoms with Crippen molar-refractivity contribution < 1.29 is 4.21 Å². The molecule has 1 atom stereocenters. The predicted molar refractivity (Wildman–Crippen MR) is 104 cm³/mol. The van der Waals surface area contributed by atoms with Crippen molar-refractivity contribution >= 4 is 16.8 Å². The largest absolute Gasteiger partial charge is 0.357 e. The number of rotatable bonds is 7. The van der Waals surface area contributed by atoms with Crippen molar-refractivity contribution in [1.82, 2.24) is 15.5 Å². The molecule has 1 heterocycles. The van der Waals surface area contributed by atoms with Crippen molar-refractivity contribution in [1.29, 1.82) is 0 Å². The minimum atomic E-state index is -0.983. The van der Waals surface area contributed by atoms with Gasteiger partial charge in [0.1, 0.15) is 0 Å². The molecule has 2 aliphatic rings. The molecule has 1 saturated carbocycles. The second-order valence-electron chi connectivity index (χ2n) is 6.81. The molecule has 1 aliphatic heterocycles. The van der Waals surface area contributed by atoms with Crippen LogP contribution in [0.4, 0.5) is 0 Å². The minimum absolute atomic E-state index is 0.493. The van der Waals surface area contributed by atoms with Crippen LogP contribution in [-0.2, 0) is 10.8 Å². The maximum Gasteiger partial charge on any atom is 0.191 e. The highest BCUT2D eigenvalue weighted by Crippen LogP contribution is 2.29. The summed E-state index contributed by atoms with van der Waals surface area (Å²) in [6.45, 7) is 5.88. The quantitative estimate of drug-likeness (QED) is 0.575. The van der Waals surface area contributed by atoms with E-state index >= 15 is 0 Å². The van der Waals surface area contributed by atoms with Crippen LogP contribution in [0.1, 0.15) is 32.6 Å². The van der Waals surface area contributed by atoms with E-state index in [0.29, 0.717) is 18.3 Å². The number of hydrogen-bond donors (Lipinski definition) is 2. The van der Waals surface area contributed by atoms with Crippen molar-refractivity contribution in [2.45, 2.75) is 49.6 Å². The maximum atomic E-state index is 12.3. The first-order valence-electron chi connectivity index (χ1n) is 9.48. The molecule has 138 valence electrons. The summed E-state index contributed by atoms with van der Waals surface area (Å²) in [4.78, 5) is 8.14. The van der Waals surface area contributed by atoms with Crippen LogP contribution in [0.5, 0.6) is 0 Å². The molecule has 6 heteroatoms. The Kier molecular flexibility index (Phi) is 6.87. The van der Waals surface area contributed by atoms with E-state index < -0.39 is 10.8 Å². The van der Waals surface area contributed by atoms with Gasteiger partial charge in [-0.1, -0.05) is 18.2 Å². The standard InChI is InChI=1S/C19H30N4OS/c1-2-20-19(21-12-15-25(24)18-6-4-3-5-7-18)22-16-10-13-23(14-11-16)17-8-9-17/h3-7,16-17H,2,8-15H2,1H3,(H2,20,21,22). The summed E-state index contributed by atoms with van der Waals surface area (Å²) in [5, 5.41) is 6.88. The molecule has 0 aromatic heterocycles. The van der Waals surface area contributed by atoms with Crippen LogP contribution in [0.3, 0.4) is 0 Å². The monoisotopic (exact) mass is 362 g/mol. The summed E-state index contributed by atoms with van der Waals surface area (Å²) in [5.74, 6) is 1.41. The van der Waals surface area contributed by atoms with E-state index in [2.05, 4.69) is 27.4 Å². The number of aliphatic imine (C=N–C) groups is 1. The van der Waals surface area contributed by atoms with Crippen LogP contribution in [-0.4, -0.2) is 59.1 Å². The van der Waals surface area contributed by atoms with Crippen molar-refractivity contribution in [3.63, 3.8) is 0 Å². The van der Waals surface area contributed by atoms with Crippen LogP contribution >= 0.6 is 0 Å². The van der Waals surface area contributed by atoms with Crippen LogP contribution in [0.25, 0.3) is 0 Å². The van der Waals surface area contributed by atoms with E-state index in [-0.39, 0.29) is 0 Å². The van der Waals surface area contributed by atoms with E-state index in [1.807, 2.05) is 30.3 Å². The molecule has 1 unspecified atom stereocenters. The Bertz CT molecular complexity index is 580. The molecular weight excluding hydrogens is 332 g/mol. The van der Waals surface area contributed by atoms with Gasteiger partial charge in [-0.2, -0.15) is 0 Å². The molecular formula is C19H30N4OS. The van der Waals surface area contributed by atoms with Gasteiger partial charge in [0.2, 0.25) is 0 Å². The fourth-order valence-electron chi connectivity index (χ4n) is 3.29. The lowest BCUT2D eigenvalue weighted by molar-refractivity contribution is 0.197. The molecule has 2 N–H and O–H groups in total. The van der Waals surface area contributed by atoms with E-state index in [0.717, 1.165) is 23.4 Å². The predicted octanol–water partition coefficient (Wildman–Crippen LogP) is 1.98. The topological polar surface area (TPSA) is 56.7 Å². The summed E-state index contributed by atoms with van der Waals surface area (Å²) in [6, 6.07) is 11.0. The van der Waals surface area contributed by atoms with Crippen LogP contribution < -0.4 is 10.6 Å². The number of nitrogens with one attached hydrogen (secondary N) is 2. The number of hydrogen-bond acceptors (Lipinski definition) is 3. The maximum absolute atomic E-state index is 12.3. The fraction of sp³-hybridized carbons (Fsp3) is 0.632. The number of guanidine groups is 1. The summed E-state index contributed by atoms with van der Waals surface area (Å²) in [7, 11) is -0.983. The van der Waals surface area contributed by atoms with E-state index in [1.54, 1.807) is 0 Å². The zero-order chi connectivity index (χ0) is 17.5. The zero-order valence-corrected chi connectivity index (χ0v) is 15.9. The van der Waals surface area contributed by atoms with Crippen molar-refractivity contribution in [2.75, 3.05) is 31.9 Å². The lowest BCUT2D eigenvalue weighted by Gasteiger charge is -2.33. The van der Waals surface area contributed by atoms with Gasteiger partial charge in [0, 0.05) is 42.4 Å². The molecule has 1 aliphatic carbocycles. The summed E-state index contributed by atoms with van der Waals surface area (Å²) in [6.07, 6.45) is 5.13. The average Bonchev–Trinajstić information content (AvgIpc) is 3.48. The third-order valence-corrected chi connectivity index (χ3v) is 6.18. The Labute approximate surface area is 153 Å². The van der Waals surface area contributed by atoms with Gasteiger partial charge in [-0.3, -0.25) is 9.20 Å². The van der Waals surface area contributed by atoms with Crippen LogP contribution in [0.2, 0.25) is 0 Å². The molecule has 1 aromatic carbocycles. The molecule has 0 bridgehead atoms. The molecule has 0 amide bonds. The van der Waals surface area contributed by atoms with Gasteiger partial charge in [0.25, 0.3) is 0 Å². The van der Waals surface area contributed by atoms with Crippen LogP contribution in [0, 0.1) is 0 Å². The first-order chi connectivity index (χ1) is 12.3. The zero-order valence-electron chi connectivity index (χ0n) is 15.1. The molecule has 3 rings (SSSR count). The normalized spacial score (nSPS) is 21.1. The second kappa shape index (κ2) is 9.34. The number of piperidine rings is 1. The van der Waals surface area contributed by atoms with Crippen molar-refractivity contribution in [3.8, 4) is 0 Å². The van der Waals surface area contributed by atoms with Gasteiger partial charge in [-0.15, -0.1) is 0 Å². The first kappa shape index (κ1) is 18.4. The Hall–Kier alpha value is -1.40. The molecule has 5 nitrogen and oxygen atoms in total. The van der Waals surface area contributed by atoms with E-state index in [1.165, 1.54) is 38.8 Å². The minimum Gasteiger partial charge on any atom is -0.357 e.